The van der Waals surface area contributed by atoms with E-state index in [1.165, 1.54) is 32.1 Å². The first-order valence-corrected chi connectivity index (χ1v) is 7.21. The first-order valence-electron chi connectivity index (χ1n) is 7.21. The van der Waals surface area contributed by atoms with Crippen molar-refractivity contribution in [3.63, 3.8) is 0 Å². The molecule has 0 aromatic heterocycles. The molecular weight excluding hydrogens is 337 g/mol. The topological polar surface area (TPSA) is 36.4 Å². The van der Waals surface area contributed by atoms with E-state index in [1.807, 2.05) is 0 Å². The molecule has 0 spiro atoms. The third-order valence-corrected chi connectivity index (χ3v) is 4.11. The van der Waals surface area contributed by atoms with Gasteiger partial charge in [-0.15, -0.1) is 24.0 Å². The third-order valence-electron chi connectivity index (χ3n) is 4.11. The summed E-state index contributed by atoms with van der Waals surface area (Å²) in [4.78, 5) is 4.80. The molecule has 0 aromatic rings. The van der Waals surface area contributed by atoms with Crippen LogP contribution in [0.1, 0.15) is 52.9 Å². The van der Waals surface area contributed by atoms with Crippen LogP contribution in [0.15, 0.2) is 4.99 Å². The van der Waals surface area contributed by atoms with E-state index in [9.17, 15) is 0 Å². The Balaban J connectivity index is 0.00000162. The summed E-state index contributed by atoms with van der Waals surface area (Å²) in [5, 5.41) is 6.73. The molecule has 4 heteroatoms. The Labute approximate surface area is 129 Å². The monoisotopic (exact) mass is 365 g/mol. The van der Waals surface area contributed by atoms with Crippen molar-refractivity contribution in [2.24, 2.45) is 16.3 Å². The van der Waals surface area contributed by atoms with Crippen molar-refractivity contribution in [1.29, 1.82) is 0 Å². The van der Waals surface area contributed by atoms with Crippen molar-refractivity contribution in [3.05, 3.63) is 0 Å². The van der Waals surface area contributed by atoms with Gasteiger partial charge in [0, 0.05) is 19.1 Å². The zero-order valence-corrected chi connectivity index (χ0v) is 14.3. The summed E-state index contributed by atoms with van der Waals surface area (Å²) in [7, 11) is 0. The highest BCUT2D eigenvalue weighted by Crippen LogP contribution is 2.57. The lowest BCUT2D eigenvalue weighted by molar-refractivity contribution is 0.113. The molecule has 0 bridgehead atoms. The Kier molecular flexibility index (Phi) is 6.21. The Morgan fingerprint density at radius 3 is 2.39 bits per heavy atom. The van der Waals surface area contributed by atoms with Gasteiger partial charge >= 0.3 is 0 Å². The van der Waals surface area contributed by atoms with Crippen LogP contribution < -0.4 is 10.6 Å². The second-order valence-electron chi connectivity index (χ2n) is 5.98. The molecule has 2 rings (SSSR count). The summed E-state index contributed by atoms with van der Waals surface area (Å²) in [5.74, 6) is 1.98. The number of nitrogens with one attached hydrogen (secondary N) is 2. The minimum atomic E-state index is 0. The molecular formula is C14H28IN3. The maximum atomic E-state index is 4.80. The third kappa shape index (κ3) is 4.00. The fourth-order valence-corrected chi connectivity index (χ4v) is 2.85. The van der Waals surface area contributed by atoms with Crippen molar-refractivity contribution in [1.82, 2.24) is 10.6 Å². The molecule has 0 amide bonds. The number of guanidine groups is 1. The molecule has 106 valence electrons. The van der Waals surface area contributed by atoms with Crippen LogP contribution in [0.4, 0.5) is 0 Å². The standard InChI is InChI=1S/C14H27N3.HI/c1-4-15-13(17-11(2)3)16-10-14(8-5-9-14)12-6-7-12;/h11-12H,4-10H2,1-3H3,(H2,15,16,17);1H. The van der Waals surface area contributed by atoms with Crippen molar-refractivity contribution in [3.8, 4) is 0 Å². The highest BCUT2D eigenvalue weighted by molar-refractivity contribution is 14.0. The number of aliphatic imine (C=N–C) groups is 1. The van der Waals surface area contributed by atoms with Gasteiger partial charge in [-0.25, -0.2) is 0 Å². The summed E-state index contributed by atoms with van der Waals surface area (Å²) in [6.45, 7) is 8.41. The Hall–Kier alpha value is 0. The van der Waals surface area contributed by atoms with Crippen molar-refractivity contribution >= 4 is 29.9 Å². The Morgan fingerprint density at radius 1 is 1.33 bits per heavy atom. The SMILES string of the molecule is CCNC(=NCC1(C2CC2)CCC1)NC(C)C.I. The molecule has 0 heterocycles. The molecule has 2 aliphatic carbocycles. The van der Waals surface area contributed by atoms with Gasteiger partial charge in [0.05, 0.1) is 0 Å². The number of halogens is 1. The van der Waals surface area contributed by atoms with E-state index in [2.05, 4.69) is 31.4 Å². The van der Waals surface area contributed by atoms with Crippen molar-refractivity contribution < 1.29 is 0 Å². The molecule has 0 aromatic carbocycles. The highest BCUT2D eigenvalue weighted by atomic mass is 127. The van der Waals surface area contributed by atoms with E-state index in [4.69, 9.17) is 4.99 Å². The summed E-state index contributed by atoms with van der Waals surface area (Å²) >= 11 is 0. The van der Waals surface area contributed by atoms with Gasteiger partial charge in [-0.1, -0.05) is 6.42 Å². The van der Waals surface area contributed by atoms with E-state index in [1.54, 1.807) is 0 Å². The number of hydrogen-bond acceptors (Lipinski definition) is 1. The first-order chi connectivity index (χ1) is 8.16. The average Bonchev–Trinajstić information content (AvgIpc) is 2.99. The largest absolute Gasteiger partial charge is 0.357 e. The molecule has 2 fully saturated rings. The van der Waals surface area contributed by atoms with E-state index in [0.717, 1.165) is 25.0 Å². The van der Waals surface area contributed by atoms with Crippen LogP contribution in [0.5, 0.6) is 0 Å². The van der Waals surface area contributed by atoms with Crippen LogP contribution in [0.2, 0.25) is 0 Å². The summed E-state index contributed by atoms with van der Waals surface area (Å²) < 4.78 is 0. The van der Waals surface area contributed by atoms with Crippen LogP contribution in [-0.4, -0.2) is 25.1 Å². The molecule has 18 heavy (non-hydrogen) atoms. The zero-order chi connectivity index (χ0) is 12.3. The van der Waals surface area contributed by atoms with Crippen LogP contribution in [0, 0.1) is 11.3 Å². The molecule has 2 aliphatic rings. The number of nitrogens with zero attached hydrogens (tertiary/aromatic N) is 1. The van der Waals surface area contributed by atoms with Crippen LogP contribution in [0.3, 0.4) is 0 Å². The summed E-state index contributed by atoms with van der Waals surface area (Å²) in [5.41, 5.74) is 0.583. The fourth-order valence-electron chi connectivity index (χ4n) is 2.85. The number of hydrogen-bond donors (Lipinski definition) is 2. The van der Waals surface area contributed by atoms with E-state index in [0.29, 0.717) is 11.5 Å². The Bertz CT molecular complexity index is 281. The average molecular weight is 365 g/mol. The second kappa shape index (κ2) is 6.96. The second-order valence-corrected chi connectivity index (χ2v) is 5.98. The lowest BCUT2D eigenvalue weighted by Gasteiger charge is -2.41. The molecule has 3 nitrogen and oxygen atoms in total. The van der Waals surface area contributed by atoms with Gasteiger partial charge in [0.1, 0.15) is 0 Å². The smallest absolute Gasteiger partial charge is 0.191 e. The lowest BCUT2D eigenvalue weighted by atomic mass is 9.65. The van der Waals surface area contributed by atoms with Crippen molar-refractivity contribution in [2.45, 2.75) is 58.9 Å². The minimum Gasteiger partial charge on any atom is -0.357 e. The van der Waals surface area contributed by atoms with E-state index >= 15 is 0 Å². The van der Waals surface area contributed by atoms with Gasteiger partial charge in [0.25, 0.3) is 0 Å². The van der Waals surface area contributed by atoms with Gasteiger partial charge in [-0.05, 0) is 57.8 Å². The van der Waals surface area contributed by atoms with Crippen molar-refractivity contribution in [2.75, 3.05) is 13.1 Å². The van der Waals surface area contributed by atoms with E-state index < -0.39 is 0 Å². The molecule has 0 atom stereocenters. The summed E-state index contributed by atoms with van der Waals surface area (Å²) in [6, 6.07) is 0.450. The maximum Gasteiger partial charge on any atom is 0.191 e. The number of rotatable bonds is 5. The van der Waals surface area contributed by atoms with Gasteiger partial charge in [0.2, 0.25) is 0 Å². The molecule has 0 radical (unpaired) electrons. The van der Waals surface area contributed by atoms with E-state index in [-0.39, 0.29) is 24.0 Å². The molecule has 2 saturated carbocycles. The van der Waals surface area contributed by atoms with Gasteiger partial charge in [-0.3, -0.25) is 4.99 Å². The predicted molar refractivity (Wildman–Crippen MR) is 88.7 cm³/mol. The predicted octanol–water partition coefficient (Wildman–Crippen LogP) is 3.15. The Morgan fingerprint density at radius 2 is 2.00 bits per heavy atom. The normalized spacial score (nSPS) is 22.1. The molecule has 0 aliphatic heterocycles. The van der Waals surface area contributed by atoms with Gasteiger partial charge in [-0.2, -0.15) is 0 Å². The fraction of sp³-hybridized carbons (Fsp3) is 0.929. The summed E-state index contributed by atoms with van der Waals surface area (Å²) in [6.07, 6.45) is 7.12. The minimum absolute atomic E-state index is 0. The van der Waals surface area contributed by atoms with Gasteiger partial charge in [0.15, 0.2) is 5.96 Å². The zero-order valence-electron chi connectivity index (χ0n) is 12.0. The van der Waals surface area contributed by atoms with Gasteiger partial charge < -0.3 is 10.6 Å². The molecule has 2 N–H and O–H groups in total. The van der Waals surface area contributed by atoms with Crippen LogP contribution in [-0.2, 0) is 0 Å². The van der Waals surface area contributed by atoms with Crippen LogP contribution >= 0.6 is 24.0 Å². The lowest BCUT2D eigenvalue weighted by Crippen LogP contribution is -2.43. The first kappa shape index (κ1) is 16.1. The highest BCUT2D eigenvalue weighted by Gasteiger charge is 2.48. The maximum absolute atomic E-state index is 4.80. The van der Waals surface area contributed by atoms with Crippen LogP contribution in [0.25, 0.3) is 0 Å². The molecule has 0 saturated heterocycles. The quantitative estimate of drug-likeness (QED) is 0.446. The molecule has 0 unspecified atom stereocenters.